The summed E-state index contributed by atoms with van der Waals surface area (Å²) in [5, 5.41) is 11.6. The quantitative estimate of drug-likeness (QED) is 0.182. The van der Waals surface area contributed by atoms with Crippen LogP contribution in [0.5, 0.6) is 5.75 Å². The van der Waals surface area contributed by atoms with E-state index in [1.807, 2.05) is 25.7 Å². The first-order valence-electron chi connectivity index (χ1n) is 15.0. The molecule has 3 aromatic rings. The van der Waals surface area contributed by atoms with Crippen molar-refractivity contribution in [2.75, 3.05) is 67.7 Å². The maximum Gasteiger partial charge on any atom is 0.317 e. The molecule has 14 nitrogen and oxygen atoms in total. The Kier molecular flexibility index (Phi) is 9.99. The third kappa shape index (κ3) is 7.35. The average molecular weight is 653 g/mol. The predicted molar refractivity (Wildman–Crippen MR) is 170 cm³/mol. The van der Waals surface area contributed by atoms with Crippen LogP contribution in [-0.2, 0) is 23.9 Å². The Morgan fingerprint density at radius 2 is 1.59 bits per heavy atom. The smallest absolute Gasteiger partial charge is 0.317 e. The van der Waals surface area contributed by atoms with Crippen molar-refractivity contribution in [3.8, 4) is 11.4 Å². The molecule has 0 radical (unpaired) electrons. The molecule has 0 N–H and O–H groups in total. The highest BCUT2D eigenvalue weighted by molar-refractivity contribution is 6.46. The van der Waals surface area contributed by atoms with Gasteiger partial charge < -0.3 is 19.3 Å². The van der Waals surface area contributed by atoms with E-state index < -0.39 is 17.8 Å². The molecule has 3 heterocycles. The number of esters is 1. The van der Waals surface area contributed by atoms with E-state index >= 15 is 0 Å². The standard InChI is InChI=1S/C31H37ClN8O6/c1-31(2,3)11-10-27(42)46-28-23(37-13-12-36(16-17-45-4)19-26(37)41)6-5-7-24(28)38-14-15-39(30(44)29(38)43)25-18-21(32)8-9-22(25)40-20-33-34-35-40/h5-9,18,20H,10-17,19H2,1-4H3. The molecule has 0 atom stereocenters. The zero-order valence-electron chi connectivity index (χ0n) is 26.3. The number of benzene rings is 2. The minimum atomic E-state index is -0.839. The molecule has 2 saturated heterocycles. The first-order chi connectivity index (χ1) is 22.0. The normalized spacial score (nSPS) is 16.4. The van der Waals surface area contributed by atoms with Gasteiger partial charge in [0.05, 0.1) is 35.9 Å². The molecule has 46 heavy (non-hydrogen) atoms. The summed E-state index contributed by atoms with van der Waals surface area (Å²) in [6.07, 6.45) is 2.07. The van der Waals surface area contributed by atoms with E-state index in [2.05, 4.69) is 15.5 Å². The highest BCUT2D eigenvalue weighted by Crippen LogP contribution is 2.41. The second-order valence-corrected chi connectivity index (χ2v) is 12.7. The Balaban J connectivity index is 1.46. The van der Waals surface area contributed by atoms with E-state index in [4.69, 9.17) is 21.1 Å². The molecule has 0 saturated carbocycles. The van der Waals surface area contributed by atoms with Gasteiger partial charge in [0.25, 0.3) is 0 Å². The lowest BCUT2D eigenvalue weighted by Gasteiger charge is -2.37. The molecule has 2 aromatic carbocycles. The van der Waals surface area contributed by atoms with Crippen LogP contribution in [0.25, 0.3) is 5.69 Å². The Hall–Kier alpha value is -4.40. The zero-order valence-corrected chi connectivity index (χ0v) is 27.1. The van der Waals surface area contributed by atoms with E-state index in [0.717, 1.165) is 0 Å². The van der Waals surface area contributed by atoms with Crippen LogP contribution in [0.15, 0.2) is 42.7 Å². The molecule has 3 amide bonds. The summed E-state index contributed by atoms with van der Waals surface area (Å²) in [7, 11) is 1.61. The molecule has 0 aliphatic carbocycles. The number of tetrazole rings is 1. The van der Waals surface area contributed by atoms with Crippen molar-refractivity contribution in [1.29, 1.82) is 0 Å². The topological polar surface area (TPSA) is 143 Å². The molecular formula is C31H37ClN8O6. The summed E-state index contributed by atoms with van der Waals surface area (Å²) in [4.78, 5) is 60.2. The van der Waals surface area contributed by atoms with E-state index in [9.17, 15) is 19.2 Å². The van der Waals surface area contributed by atoms with Crippen molar-refractivity contribution in [3.63, 3.8) is 0 Å². The van der Waals surface area contributed by atoms with Gasteiger partial charge in [0, 0.05) is 51.3 Å². The zero-order chi connectivity index (χ0) is 33.0. The Labute approximate surface area is 271 Å². The monoisotopic (exact) mass is 652 g/mol. The number of rotatable bonds is 10. The predicted octanol–water partition coefficient (Wildman–Crippen LogP) is 2.72. The van der Waals surface area contributed by atoms with Gasteiger partial charge in [-0.2, -0.15) is 4.68 Å². The first kappa shape index (κ1) is 33.0. The van der Waals surface area contributed by atoms with E-state index in [1.165, 1.54) is 20.8 Å². The number of hydrogen-bond acceptors (Lipinski definition) is 10. The molecule has 2 fully saturated rings. The Morgan fingerprint density at radius 1 is 0.913 bits per heavy atom. The third-order valence-electron chi connectivity index (χ3n) is 7.81. The first-order valence-corrected chi connectivity index (χ1v) is 15.4. The second kappa shape index (κ2) is 13.9. The van der Waals surface area contributed by atoms with Crippen LogP contribution in [0.1, 0.15) is 33.6 Å². The number of carbonyl (C=O) groups excluding carboxylic acids is 4. The Morgan fingerprint density at radius 3 is 2.22 bits per heavy atom. The van der Waals surface area contributed by atoms with Crippen LogP contribution in [0.3, 0.4) is 0 Å². The highest BCUT2D eigenvalue weighted by Gasteiger charge is 2.38. The molecule has 1 aromatic heterocycles. The lowest BCUT2D eigenvalue weighted by Crippen LogP contribution is -2.55. The average Bonchev–Trinajstić information content (AvgIpc) is 3.55. The number of para-hydroxylation sites is 1. The molecule has 2 aliphatic heterocycles. The van der Waals surface area contributed by atoms with E-state index in [-0.39, 0.29) is 48.8 Å². The van der Waals surface area contributed by atoms with Crippen LogP contribution >= 0.6 is 11.6 Å². The number of piperazine rings is 2. The molecule has 5 rings (SSSR count). The molecule has 0 unspecified atom stereocenters. The highest BCUT2D eigenvalue weighted by atomic mass is 35.5. The van der Waals surface area contributed by atoms with Crippen LogP contribution in [0, 0.1) is 5.41 Å². The fraction of sp³-hybridized carbons (Fsp3) is 0.452. The summed E-state index contributed by atoms with van der Waals surface area (Å²) in [6, 6.07) is 9.84. The molecule has 15 heteroatoms. The molecule has 0 spiro atoms. The molecule has 244 valence electrons. The van der Waals surface area contributed by atoms with Crippen molar-refractivity contribution >= 4 is 52.4 Å². The van der Waals surface area contributed by atoms with E-state index in [0.29, 0.717) is 54.7 Å². The van der Waals surface area contributed by atoms with Gasteiger partial charge in [-0.25, -0.2) is 0 Å². The van der Waals surface area contributed by atoms with Gasteiger partial charge in [-0.15, -0.1) is 5.10 Å². The van der Waals surface area contributed by atoms with Crippen molar-refractivity contribution in [2.24, 2.45) is 5.41 Å². The molecular weight excluding hydrogens is 616 g/mol. The number of anilines is 3. The van der Waals surface area contributed by atoms with Crippen LogP contribution in [0.2, 0.25) is 5.02 Å². The number of amides is 3. The molecule has 2 aliphatic rings. The minimum Gasteiger partial charge on any atom is -0.422 e. The molecule has 0 bridgehead atoms. The summed E-state index contributed by atoms with van der Waals surface area (Å²) in [5.41, 5.74) is 1.29. The third-order valence-corrected chi connectivity index (χ3v) is 8.04. The van der Waals surface area contributed by atoms with Crippen molar-refractivity contribution in [1.82, 2.24) is 25.1 Å². The van der Waals surface area contributed by atoms with Gasteiger partial charge in [-0.3, -0.25) is 29.0 Å². The van der Waals surface area contributed by atoms with Gasteiger partial charge in [-0.1, -0.05) is 38.4 Å². The minimum absolute atomic E-state index is 0.0619. The number of aromatic nitrogens is 4. The van der Waals surface area contributed by atoms with Gasteiger partial charge in [0.15, 0.2) is 5.75 Å². The Bertz CT molecular complexity index is 1610. The number of hydrogen-bond donors (Lipinski definition) is 0. The van der Waals surface area contributed by atoms with Crippen molar-refractivity contribution in [3.05, 3.63) is 47.7 Å². The number of nitrogens with zero attached hydrogens (tertiary/aromatic N) is 8. The van der Waals surface area contributed by atoms with Crippen LogP contribution in [-0.4, -0.2) is 102 Å². The number of halogens is 1. The summed E-state index contributed by atoms with van der Waals surface area (Å²) >= 11 is 6.28. The largest absolute Gasteiger partial charge is 0.422 e. The van der Waals surface area contributed by atoms with Crippen molar-refractivity contribution in [2.45, 2.75) is 33.6 Å². The lowest BCUT2D eigenvalue weighted by molar-refractivity contribution is -0.137. The van der Waals surface area contributed by atoms with Gasteiger partial charge in [0.1, 0.15) is 6.33 Å². The van der Waals surface area contributed by atoms with E-state index in [1.54, 1.807) is 48.4 Å². The number of methoxy groups -OCH3 is 1. The lowest BCUT2D eigenvalue weighted by atomic mass is 9.91. The van der Waals surface area contributed by atoms with Crippen molar-refractivity contribution < 1.29 is 28.7 Å². The number of carbonyl (C=O) groups is 4. The SMILES string of the molecule is COCCN1CCN(c2cccc(N3CCN(c4cc(Cl)ccc4-n4cnnn4)C(=O)C3=O)c2OC(=O)CCC(C)(C)C)C(=O)C1. The van der Waals surface area contributed by atoms with Gasteiger partial charge >= 0.3 is 17.8 Å². The van der Waals surface area contributed by atoms with Crippen LogP contribution in [0.4, 0.5) is 17.1 Å². The maximum absolute atomic E-state index is 13.8. The van der Waals surface area contributed by atoms with Gasteiger partial charge in [0.2, 0.25) is 5.91 Å². The van der Waals surface area contributed by atoms with Crippen LogP contribution < -0.4 is 19.4 Å². The number of ether oxygens (including phenoxy) is 2. The summed E-state index contributed by atoms with van der Waals surface area (Å²) in [6.45, 7) is 8.41. The summed E-state index contributed by atoms with van der Waals surface area (Å²) < 4.78 is 12.5. The maximum atomic E-state index is 13.8. The van der Waals surface area contributed by atoms with Gasteiger partial charge in [-0.05, 0) is 52.6 Å². The second-order valence-electron chi connectivity index (χ2n) is 12.3. The fourth-order valence-electron chi connectivity index (χ4n) is 5.34. The fourth-order valence-corrected chi connectivity index (χ4v) is 5.51. The summed E-state index contributed by atoms with van der Waals surface area (Å²) in [5.74, 6) is -2.28.